The molecule has 1 aliphatic heterocycles. The molecule has 5 heteroatoms. The fraction of sp³-hybridized carbons (Fsp3) is 0.200. The topological polar surface area (TPSA) is 45.1 Å². The minimum absolute atomic E-state index is 0.189. The molecule has 1 aliphatic rings. The molecule has 0 saturated carbocycles. The Hall–Kier alpha value is -3.08. The smallest absolute Gasteiger partial charge is 0.284 e. The highest BCUT2D eigenvalue weighted by atomic mass is 16.5. The molecule has 0 fully saturated rings. The van der Waals surface area contributed by atoms with Crippen LogP contribution in [0.2, 0.25) is 0 Å². The predicted molar refractivity (Wildman–Crippen MR) is 102 cm³/mol. The van der Waals surface area contributed by atoms with E-state index in [9.17, 15) is 4.79 Å². The Bertz CT molecular complexity index is 809. The maximum absolute atomic E-state index is 12.8. The van der Waals surface area contributed by atoms with Crippen LogP contribution in [-0.4, -0.2) is 32.5 Å². The van der Waals surface area contributed by atoms with Gasteiger partial charge in [0.05, 0.1) is 12.3 Å². The van der Waals surface area contributed by atoms with Crippen LogP contribution in [0.1, 0.15) is 12.5 Å². The molecule has 0 unspecified atom stereocenters. The molecular weight excluding hydrogens is 314 g/mol. The molecule has 128 valence electrons. The van der Waals surface area contributed by atoms with Crippen LogP contribution < -0.4 is 9.91 Å². The lowest BCUT2D eigenvalue weighted by atomic mass is 10.1. The maximum atomic E-state index is 12.8. The molecule has 0 atom stereocenters. The third kappa shape index (κ3) is 3.55. The monoisotopic (exact) mass is 335 g/mol. The van der Waals surface area contributed by atoms with Crippen molar-refractivity contribution in [1.82, 2.24) is 0 Å². The quantitative estimate of drug-likeness (QED) is 0.803. The van der Waals surface area contributed by atoms with E-state index in [1.807, 2.05) is 86.6 Å². The van der Waals surface area contributed by atoms with Crippen LogP contribution >= 0.6 is 0 Å². The van der Waals surface area contributed by atoms with E-state index in [-0.39, 0.29) is 5.91 Å². The van der Waals surface area contributed by atoms with Crippen LogP contribution in [0.3, 0.4) is 0 Å². The first kappa shape index (κ1) is 16.8. The summed E-state index contributed by atoms with van der Waals surface area (Å²) >= 11 is 0. The molecule has 2 aromatic carbocycles. The molecule has 2 aromatic rings. The number of amides is 1. The van der Waals surface area contributed by atoms with E-state index >= 15 is 0 Å². The predicted octanol–water partition coefficient (Wildman–Crippen LogP) is 3.53. The summed E-state index contributed by atoms with van der Waals surface area (Å²) in [6.45, 7) is 2.33. The highest BCUT2D eigenvalue weighted by Crippen LogP contribution is 2.25. The number of nitrogens with zero attached hydrogens (tertiary/aromatic N) is 3. The van der Waals surface area contributed by atoms with Gasteiger partial charge < -0.3 is 9.64 Å². The lowest BCUT2D eigenvalue weighted by Gasteiger charge is -2.12. The number of hydrazone groups is 1. The molecular formula is C20H21N3O2. The van der Waals surface area contributed by atoms with Crippen molar-refractivity contribution in [3.8, 4) is 0 Å². The minimum atomic E-state index is -0.189. The van der Waals surface area contributed by atoms with E-state index in [2.05, 4.69) is 5.10 Å². The van der Waals surface area contributed by atoms with Gasteiger partial charge in [0.2, 0.25) is 5.90 Å². The van der Waals surface area contributed by atoms with E-state index < -0.39 is 0 Å². The first-order chi connectivity index (χ1) is 12.1. The van der Waals surface area contributed by atoms with Crippen molar-refractivity contribution in [2.45, 2.75) is 6.92 Å². The molecule has 0 aliphatic carbocycles. The van der Waals surface area contributed by atoms with E-state index in [1.165, 1.54) is 5.01 Å². The van der Waals surface area contributed by atoms with Crippen molar-refractivity contribution >= 4 is 29.3 Å². The number of carbonyl (C=O) groups is 1. The molecule has 0 saturated heterocycles. The van der Waals surface area contributed by atoms with E-state index in [4.69, 9.17) is 4.74 Å². The standard InChI is InChI=1S/C20H21N3O2/c1-4-25-19-18(14-15-10-12-16(13-11-15)22(2)3)20(24)23(21-19)17-8-6-5-7-9-17/h5-14H,4H2,1-3H3. The summed E-state index contributed by atoms with van der Waals surface area (Å²) in [5.74, 6) is 0.166. The summed E-state index contributed by atoms with van der Waals surface area (Å²) in [6, 6.07) is 17.3. The van der Waals surface area contributed by atoms with E-state index in [0.29, 0.717) is 18.1 Å². The van der Waals surface area contributed by atoms with Gasteiger partial charge in [-0.05, 0) is 42.8 Å². The second-order valence-corrected chi connectivity index (χ2v) is 5.83. The normalized spacial score (nSPS) is 15.5. The first-order valence-electron chi connectivity index (χ1n) is 8.20. The second-order valence-electron chi connectivity index (χ2n) is 5.83. The van der Waals surface area contributed by atoms with Gasteiger partial charge in [0.1, 0.15) is 5.57 Å². The van der Waals surface area contributed by atoms with Gasteiger partial charge in [-0.2, -0.15) is 5.01 Å². The van der Waals surface area contributed by atoms with Crippen LogP contribution in [-0.2, 0) is 9.53 Å². The fourth-order valence-corrected chi connectivity index (χ4v) is 2.54. The molecule has 0 bridgehead atoms. The fourth-order valence-electron chi connectivity index (χ4n) is 2.54. The molecule has 0 aromatic heterocycles. The van der Waals surface area contributed by atoms with Crippen molar-refractivity contribution in [3.63, 3.8) is 0 Å². The number of rotatable bonds is 4. The summed E-state index contributed by atoms with van der Waals surface area (Å²) in [6.07, 6.45) is 1.82. The molecule has 1 heterocycles. The highest BCUT2D eigenvalue weighted by molar-refractivity contribution is 6.30. The zero-order valence-electron chi connectivity index (χ0n) is 14.6. The van der Waals surface area contributed by atoms with Crippen molar-refractivity contribution in [2.24, 2.45) is 5.10 Å². The number of hydrogen-bond acceptors (Lipinski definition) is 4. The zero-order valence-corrected chi connectivity index (χ0v) is 14.6. The molecule has 0 radical (unpaired) electrons. The largest absolute Gasteiger partial charge is 0.476 e. The Labute approximate surface area is 147 Å². The van der Waals surface area contributed by atoms with Gasteiger partial charge in [-0.15, -0.1) is 5.10 Å². The van der Waals surface area contributed by atoms with Crippen LogP contribution in [0.25, 0.3) is 6.08 Å². The number of ether oxygens (including phenoxy) is 1. The Morgan fingerprint density at radius 1 is 1.08 bits per heavy atom. The SMILES string of the molecule is CCOC1=NN(c2ccccc2)C(=O)C1=Cc1ccc(N(C)C)cc1. The van der Waals surface area contributed by atoms with Gasteiger partial charge in [-0.1, -0.05) is 30.3 Å². The molecule has 3 rings (SSSR count). The Kier molecular flexibility index (Phi) is 4.84. The summed E-state index contributed by atoms with van der Waals surface area (Å²) in [5, 5.41) is 5.73. The highest BCUT2D eigenvalue weighted by Gasteiger charge is 2.32. The number of carbonyl (C=O) groups excluding carboxylic acids is 1. The number of para-hydroxylation sites is 1. The lowest BCUT2D eigenvalue weighted by Crippen LogP contribution is -2.21. The summed E-state index contributed by atoms with van der Waals surface area (Å²) in [4.78, 5) is 14.9. The van der Waals surface area contributed by atoms with Gasteiger partial charge >= 0.3 is 0 Å². The van der Waals surface area contributed by atoms with Crippen LogP contribution in [0, 0.1) is 0 Å². The summed E-state index contributed by atoms with van der Waals surface area (Å²) < 4.78 is 5.58. The average molecular weight is 335 g/mol. The van der Waals surface area contributed by atoms with Gasteiger partial charge in [-0.25, -0.2) is 0 Å². The number of benzene rings is 2. The van der Waals surface area contributed by atoms with Crippen LogP contribution in [0.5, 0.6) is 0 Å². The zero-order chi connectivity index (χ0) is 17.8. The van der Waals surface area contributed by atoms with Crippen molar-refractivity contribution in [2.75, 3.05) is 30.6 Å². The average Bonchev–Trinajstić information content (AvgIpc) is 2.93. The lowest BCUT2D eigenvalue weighted by molar-refractivity contribution is -0.114. The number of anilines is 2. The van der Waals surface area contributed by atoms with Crippen LogP contribution in [0.4, 0.5) is 11.4 Å². The Morgan fingerprint density at radius 3 is 2.36 bits per heavy atom. The van der Waals surface area contributed by atoms with Gasteiger partial charge in [0, 0.05) is 19.8 Å². The Morgan fingerprint density at radius 2 is 1.76 bits per heavy atom. The summed E-state index contributed by atoms with van der Waals surface area (Å²) in [7, 11) is 3.98. The van der Waals surface area contributed by atoms with Crippen molar-refractivity contribution in [1.29, 1.82) is 0 Å². The maximum Gasteiger partial charge on any atom is 0.284 e. The third-order valence-electron chi connectivity index (χ3n) is 3.85. The van der Waals surface area contributed by atoms with E-state index in [1.54, 1.807) is 0 Å². The molecule has 0 spiro atoms. The van der Waals surface area contributed by atoms with Gasteiger partial charge in [0.25, 0.3) is 5.91 Å². The first-order valence-corrected chi connectivity index (χ1v) is 8.20. The minimum Gasteiger partial charge on any atom is -0.476 e. The van der Waals surface area contributed by atoms with Gasteiger partial charge in [0.15, 0.2) is 0 Å². The third-order valence-corrected chi connectivity index (χ3v) is 3.85. The molecule has 5 nitrogen and oxygen atoms in total. The number of hydrogen-bond donors (Lipinski definition) is 0. The van der Waals surface area contributed by atoms with E-state index in [0.717, 1.165) is 16.9 Å². The van der Waals surface area contributed by atoms with Crippen LogP contribution in [0.15, 0.2) is 65.3 Å². The molecule has 0 N–H and O–H groups in total. The van der Waals surface area contributed by atoms with Gasteiger partial charge in [-0.3, -0.25) is 4.79 Å². The second kappa shape index (κ2) is 7.21. The van der Waals surface area contributed by atoms with Crippen molar-refractivity contribution in [3.05, 3.63) is 65.7 Å². The molecule has 1 amide bonds. The molecule has 25 heavy (non-hydrogen) atoms. The Balaban J connectivity index is 1.94. The van der Waals surface area contributed by atoms with Crippen molar-refractivity contribution < 1.29 is 9.53 Å². The summed E-state index contributed by atoms with van der Waals surface area (Å²) in [5.41, 5.74) is 3.21.